The molecular weight excluding hydrogens is 807 g/mol. The highest BCUT2D eigenvalue weighted by atomic mass is 28.4. The minimum Gasteiger partial charge on any atom is -0.411 e. The summed E-state index contributed by atoms with van der Waals surface area (Å²) in [6, 6.07) is -0.483. The number of nitrogens with one attached hydrogen (secondary N) is 1. The van der Waals surface area contributed by atoms with Crippen LogP contribution < -0.4 is 5.32 Å². The predicted octanol–water partition coefficient (Wildman–Crippen LogP) is 18.7. The Balaban J connectivity index is 4.81. The highest BCUT2D eigenvalue weighted by Gasteiger charge is 2.46. The van der Waals surface area contributed by atoms with Gasteiger partial charge in [0.05, 0.1) is 24.9 Å². The highest BCUT2D eigenvalue weighted by molar-refractivity contribution is 6.74. The lowest BCUT2D eigenvalue weighted by Crippen LogP contribution is -2.59. The Morgan fingerprint density at radius 3 is 1.00 bits per heavy atom. The molecule has 0 heterocycles. The van der Waals surface area contributed by atoms with Crippen LogP contribution in [-0.2, 0) is 13.6 Å². The molecule has 0 aromatic rings. The number of carbonyl (C=O) groups is 1. The monoisotopic (exact) mass is 924 g/mol. The maximum atomic E-state index is 13.5. The lowest BCUT2D eigenvalue weighted by molar-refractivity contribution is -0.124. The molecule has 1 amide bonds. The van der Waals surface area contributed by atoms with Gasteiger partial charge in [0.25, 0.3) is 0 Å². The number of hydrogen-bond acceptors (Lipinski definition) is 4. The molecule has 0 aliphatic rings. The summed E-state index contributed by atoms with van der Waals surface area (Å²) in [6.45, 7) is 27.4. The topological polar surface area (TPSA) is 67.8 Å². The fourth-order valence-electron chi connectivity index (χ4n) is 8.55. The number of rotatable bonds is 45. The van der Waals surface area contributed by atoms with Crippen LogP contribution >= 0.6 is 0 Å². The normalized spacial score (nSPS) is 14.3. The average Bonchev–Trinajstić information content (AvgIpc) is 3.21. The van der Waals surface area contributed by atoms with Crippen molar-refractivity contribution in [3.05, 3.63) is 0 Å². The van der Waals surface area contributed by atoms with Gasteiger partial charge in [-0.15, -0.1) is 0 Å². The zero-order chi connectivity index (χ0) is 47.3. The molecule has 0 aromatic carbocycles. The Kier molecular flexibility index (Phi) is 38.6. The molecule has 378 valence electrons. The first-order valence-corrected chi connectivity index (χ1v) is 34.0. The summed E-state index contributed by atoms with van der Waals surface area (Å²) < 4.78 is 14.5. The zero-order valence-corrected chi connectivity index (χ0v) is 47.3. The van der Waals surface area contributed by atoms with Gasteiger partial charge in [-0.1, -0.05) is 274 Å². The van der Waals surface area contributed by atoms with Crippen molar-refractivity contribution in [2.75, 3.05) is 6.61 Å². The molecule has 3 atom stereocenters. The van der Waals surface area contributed by atoms with E-state index in [4.69, 9.17) is 8.85 Å². The molecule has 5 nitrogen and oxygen atoms in total. The molecule has 7 heteroatoms. The Morgan fingerprint density at radius 1 is 0.444 bits per heavy atom. The van der Waals surface area contributed by atoms with Crippen LogP contribution in [0.1, 0.15) is 293 Å². The molecule has 0 rings (SSSR count). The summed E-state index contributed by atoms with van der Waals surface area (Å²) in [5, 5.41) is 14.3. The fourth-order valence-corrected chi connectivity index (χ4v) is 11.3. The van der Waals surface area contributed by atoms with Gasteiger partial charge in [0.1, 0.15) is 0 Å². The van der Waals surface area contributed by atoms with Gasteiger partial charge in [0.2, 0.25) is 5.91 Å². The fraction of sp³-hybridized carbons (Fsp3) is 0.982. The Hall–Kier alpha value is -0.216. The van der Waals surface area contributed by atoms with E-state index in [1.165, 1.54) is 205 Å². The average molecular weight is 925 g/mol. The standard InChI is InChI=1S/C56H117NO4Si2/c1-13-15-17-19-21-23-25-27-28-29-30-31-32-33-34-35-36-37-39-41-43-45-47-49-53(59)57-51(50-58)54(61-63(11,12)56(6,7)8)52(60-62(9,10)55(3,4)5)48-46-44-42-40-38-26-24-22-20-18-16-14-2/h51-52,54,58H,13-50H2,1-12H3,(H,57,59). The van der Waals surface area contributed by atoms with Gasteiger partial charge >= 0.3 is 0 Å². The van der Waals surface area contributed by atoms with Crippen LogP contribution in [0.3, 0.4) is 0 Å². The second-order valence-electron chi connectivity index (χ2n) is 23.3. The lowest BCUT2D eigenvalue weighted by atomic mass is 9.99. The zero-order valence-electron chi connectivity index (χ0n) is 45.3. The third-order valence-electron chi connectivity index (χ3n) is 15.1. The molecule has 2 N–H and O–H groups in total. The molecule has 0 spiro atoms. The van der Waals surface area contributed by atoms with Gasteiger partial charge in [-0.05, 0) is 49.1 Å². The maximum absolute atomic E-state index is 13.5. The molecule has 0 saturated carbocycles. The molecule has 0 aliphatic carbocycles. The number of aliphatic hydroxyl groups is 1. The van der Waals surface area contributed by atoms with Crippen molar-refractivity contribution in [3.8, 4) is 0 Å². The highest BCUT2D eigenvalue weighted by Crippen LogP contribution is 2.42. The van der Waals surface area contributed by atoms with Crippen molar-refractivity contribution in [3.63, 3.8) is 0 Å². The number of unbranched alkanes of at least 4 members (excludes halogenated alkanes) is 33. The van der Waals surface area contributed by atoms with E-state index in [1.54, 1.807) is 0 Å². The van der Waals surface area contributed by atoms with E-state index in [0.29, 0.717) is 6.42 Å². The van der Waals surface area contributed by atoms with E-state index in [9.17, 15) is 9.90 Å². The largest absolute Gasteiger partial charge is 0.411 e. The predicted molar refractivity (Wildman–Crippen MR) is 285 cm³/mol. The molecule has 0 fully saturated rings. The molecule has 63 heavy (non-hydrogen) atoms. The van der Waals surface area contributed by atoms with E-state index in [1.807, 2.05) is 0 Å². The number of aliphatic hydroxyl groups excluding tert-OH is 1. The van der Waals surface area contributed by atoms with Crippen molar-refractivity contribution >= 4 is 22.5 Å². The smallest absolute Gasteiger partial charge is 0.220 e. The molecule has 0 saturated heterocycles. The summed E-state index contributed by atoms with van der Waals surface area (Å²) in [5.74, 6) is 0.0396. The lowest BCUT2D eigenvalue weighted by Gasteiger charge is -2.47. The Bertz CT molecular complexity index is 1020. The van der Waals surface area contributed by atoms with Crippen molar-refractivity contribution in [1.82, 2.24) is 5.32 Å². The number of carbonyl (C=O) groups excluding carboxylic acids is 1. The summed E-state index contributed by atoms with van der Waals surface area (Å²) in [4.78, 5) is 13.5. The van der Waals surface area contributed by atoms with Gasteiger partial charge in [0.15, 0.2) is 16.6 Å². The molecule has 0 bridgehead atoms. The van der Waals surface area contributed by atoms with Crippen LogP contribution in [0.5, 0.6) is 0 Å². The van der Waals surface area contributed by atoms with Gasteiger partial charge in [0, 0.05) is 6.42 Å². The molecular formula is C56H117NO4Si2. The SMILES string of the molecule is CCCCCCCCCCCCCCCCCCCCCCCCCC(=O)NC(CO)C(O[Si](C)(C)C(C)(C)C)C(CCCCCCCCCCCCCC)O[Si](C)(C)C(C)(C)C. The third kappa shape index (κ3) is 33.8. The second kappa shape index (κ2) is 38.7. The van der Waals surface area contributed by atoms with Crippen LogP contribution in [0.25, 0.3) is 0 Å². The Labute approximate surface area is 399 Å². The van der Waals surface area contributed by atoms with Crippen LogP contribution in [0.2, 0.25) is 36.3 Å². The quantitative estimate of drug-likeness (QED) is 0.0472. The maximum Gasteiger partial charge on any atom is 0.220 e. The second-order valence-corrected chi connectivity index (χ2v) is 32.8. The van der Waals surface area contributed by atoms with Gasteiger partial charge in [-0.25, -0.2) is 0 Å². The molecule has 3 unspecified atom stereocenters. The van der Waals surface area contributed by atoms with E-state index in [-0.39, 0.29) is 34.8 Å². The van der Waals surface area contributed by atoms with E-state index in [0.717, 1.165) is 25.7 Å². The first kappa shape index (κ1) is 62.8. The molecule has 0 aromatic heterocycles. The minimum absolute atomic E-state index is 0.00146. The number of hydrogen-bond donors (Lipinski definition) is 2. The first-order valence-electron chi connectivity index (χ1n) is 28.2. The van der Waals surface area contributed by atoms with Crippen molar-refractivity contribution < 1.29 is 18.8 Å². The van der Waals surface area contributed by atoms with Crippen molar-refractivity contribution in [2.24, 2.45) is 0 Å². The van der Waals surface area contributed by atoms with Crippen molar-refractivity contribution in [2.45, 2.75) is 347 Å². The summed E-state index contributed by atoms with van der Waals surface area (Å²) >= 11 is 0. The molecule has 0 aliphatic heterocycles. The minimum atomic E-state index is -2.27. The van der Waals surface area contributed by atoms with E-state index in [2.05, 4.69) is 86.9 Å². The van der Waals surface area contributed by atoms with Crippen molar-refractivity contribution in [1.29, 1.82) is 0 Å². The van der Waals surface area contributed by atoms with Crippen LogP contribution in [0, 0.1) is 0 Å². The summed E-state index contributed by atoms with van der Waals surface area (Å²) in [5.41, 5.74) is 0. The van der Waals surface area contributed by atoms with Crippen LogP contribution in [-0.4, -0.2) is 52.5 Å². The number of amides is 1. The Morgan fingerprint density at radius 2 is 0.714 bits per heavy atom. The van der Waals surface area contributed by atoms with Crippen LogP contribution in [0.15, 0.2) is 0 Å². The van der Waals surface area contributed by atoms with E-state index < -0.39 is 22.7 Å². The van der Waals surface area contributed by atoms with E-state index >= 15 is 0 Å². The van der Waals surface area contributed by atoms with Crippen LogP contribution in [0.4, 0.5) is 0 Å². The summed E-state index contributed by atoms with van der Waals surface area (Å²) in [7, 11) is -4.44. The first-order chi connectivity index (χ1) is 29.9. The molecule has 0 radical (unpaired) electrons. The van der Waals surface area contributed by atoms with Gasteiger partial charge < -0.3 is 19.3 Å². The van der Waals surface area contributed by atoms with Gasteiger partial charge in [-0.2, -0.15) is 0 Å². The third-order valence-corrected chi connectivity index (χ3v) is 24.1. The summed E-state index contributed by atoms with van der Waals surface area (Å²) in [6.07, 6.45) is 48.1. The van der Waals surface area contributed by atoms with Gasteiger partial charge in [-0.3, -0.25) is 4.79 Å².